The molecule has 0 radical (unpaired) electrons. The molecule has 3 nitrogen and oxygen atoms in total. The van der Waals surface area contributed by atoms with Gasteiger partial charge in [0.15, 0.2) is 6.29 Å². The molecule has 1 aromatic rings. The fourth-order valence-electron chi connectivity index (χ4n) is 2.62. The van der Waals surface area contributed by atoms with Crippen molar-refractivity contribution >= 4 is 0 Å². The average Bonchev–Trinajstić information content (AvgIpc) is 2.61. The van der Waals surface area contributed by atoms with Crippen molar-refractivity contribution in [3.8, 4) is 5.75 Å². The smallest absolute Gasteiger partial charge is 0.155 e. The molecule has 0 atom stereocenters. The van der Waals surface area contributed by atoms with Crippen LogP contribution in [0.15, 0.2) is 12.1 Å². The van der Waals surface area contributed by atoms with E-state index in [0.717, 1.165) is 24.3 Å². The van der Waals surface area contributed by atoms with Gasteiger partial charge in [-0.05, 0) is 22.6 Å². The van der Waals surface area contributed by atoms with Crippen molar-refractivity contribution in [2.24, 2.45) is 0 Å². The molecule has 0 fully saturated rings. The molecule has 0 saturated heterocycles. The maximum absolute atomic E-state index is 9.17. The summed E-state index contributed by atoms with van der Waals surface area (Å²) in [5.74, 6) is 0.950. The number of rotatable bonds is 2. The lowest BCUT2D eigenvalue weighted by Crippen LogP contribution is -2.20. The largest absolute Gasteiger partial charge is 0.493 e. The first-order valence-corrected chi connectivity index (χ1v) is 6.04. The molecule has 0 amide bonds. The van der Waals surface area contributed by atoms with Gasteiger partial charge in [0.25, 0.3) is 0 Å². The lowest BCUT2D eigenvalue weighted by Gasteiger charge is -2.26. The number of fused-ring (bicyclic) bond motifs is 1. The van der Waals surface area contributed by atoms with Gasteiger partial charge in [-0.15, -0.1) is 0 Å². The molecule has 3 heteroatoms. The van der Waals surface area contributed by atoms with Gasteiger partial charge < -0.3 is 14.9 Å². The highest BCUT2D eigenvalue weighted by molar-refractivity contribution is 5.50. The van der Waals surface area contributed by atoms with E-state index in [4.69, 9.17) is 14.9 Å². The van der Waals surface area contributed by atoms with Gasteiger partial charge in [0, 0.05) is 18.4 Å². The normalized spacial score (nSPS) is 14.9. The van der Waals surface area contributed by atoms with Gasteiger partial charge >= 0.3 is 0 Å². The molecule has 0 saturated carbocycles. The minimum Gasteiger partial charge on any atom is -0.493 e. The number of aliphatic hydroxyl groups is 2. The zero-order valence-electron chi connectivity index (χ0n) is 10.7. The second-order valence-corrected chi connectivity index (χ2v) is 5.61. The highest BCUT2D eigenvalue weighted by Crippen LogP contribution is 2.38. The van der Waals surface area contributed by atoms with Crippen LogP contribution in [0.2, 0.25) is 0 Å². The fourth-order valence-corrected chi connectivity index (χ4v) is 2.62. The quantitative estimate of drug-likeness (QED) is 0.769. The second-order valence-electron chi connectivity index (χ2n) is 5.61. The van der Waals surface area contributed by atoms with Crippen molar-refractivity contribution in [2.45, 2.75) is 45.3 Å². The first kappa shape index (κ1) is 12.4. The summed E-state index contributed by atoms with van der Waals surface area (Å²) < 4.78 is 5.57. The summed E-state index contributed by atoms with van der Waals surface area (Å²) in [6.45, 7) is 7.17. The molecule has 1 heterocycles. The highest BCUT2D eigenvalue weighted by Gasteiger charge is 2.27. The summed E-state index contributed by atoms with van der Waals surface area (Å²) in [7, 11) is 0. The number of benzene rings is 1. The topological polar surface area (TPSA) is 49.7 Å². The summed E-state index contributed by atoms with van der Waals surface area (Å²) in [6.07, 6.45) is -0.103. The predicted molar refractivity (Wildman–Crippen MR) is 66.3 cm³/mol. The van der Waals surface area contributed by atoms with Crippen molar-refractivity contribution in [2.75, 3.05) is 6.61 Å². The summed E-state index contributed by atoms with van der Waals surface area (Å²) in [4.78, 5) is 0. The minimum atomic E-state index is -1.29. The monoisotopic (exact) mass is 236 g/mol. The van der Waals surface area contributed by atoms with Crippen molar-refractivity contribution in [3.63, 3.8) is 0 Å². The average molecular weight is 236 g/mol. The van der Waals surface area contributed by atoms with Gasteiger partial charge in [-0.3, -0.25) is 0 Å². The Kier molecular flexibility index (Phi) is 3.15. The Morgan fingerprint density at radius 3 is 2.59 bits per heavy atom. The molecule has 2 rings (SSSR count). The Labute approximate surface area is 102 Å². The first-order valence-electron chi connectivity index (χ1n) is 6.04. The zero-order valence-corrected chi connectivity index (χ0v) is 10.7. The molecular formula is C14H20O3. The number of hydrogen-bond acceptors (Lipinski definition) is 3. The SMILES string of the molecule is CC(C)(C)c1c(CC(O)O)ccc2c1CCO2. The molecule has 1 aliphatic heterocycles. The van der Waals surface area contributed by atoms with Crippen molar-refractivity contribution < 1.29 is 14.9 Å². The van der Waals surface area contributed by atoms with Gasteiger partial charge in [-0.1, -0.05) is 26.8 Å². The lowest BCUT2D eigenvalue weighted by atomic mass is 9.79. The molecule has 1 aliphatic rings. The van der Waals surface area contributed by atoms with Crippen LogP contribution in [0.4, 0.5) is 0 Å². The molecule has 0 bridgehead atoms. The van der Waals surface area contributed by atoms with Crippen molar-refractivity contribution in [1.82, 2.24) is 0 Å². The van der Waals surface area contributed by atoms with Crippen LogP contribution in [-0.2, 0) is 18.3 Å². The molecule has 17 heavy (non-hydrogen) atoms. The third-order valence-corrected chi connectivity index (χ3v) is 3.12. The van der Waals surface area contributed by atoms with Crippen LogP contribution < -0.4 is 4.74 Å². The van der Waals surface area contributed by atoms with E-state index in [2.05, 4.69) is 20.8 Å². The summed E-state index contributed by atoms with van der Waals surface area (Å²) in [5.41, 5.74) is 3.44. The Balaban J connectivity index is 2.53. The standard InChI is InChI=1S/C14H20O3/c1-14(2,3)13-9(8-12(15)16)4-5-11-10(13)6-7-17-11/h4-5,12,15-16H,6-8H2,1-3H3. The zero-order chi connectivity index (χ0) is 12.6. The van der Waals surface area contributed by atoms with Crippen LogP contribution in [-0.4, -0.2) is 23.1 Å². The van der Waals surface area contributed by atoms with E-state index in [9.17, 15) is 0 Å². The van der Waals surface area contributed by atoms with Gasteiger partial charge in [-0.25, -0.2) is 0 Å². The Bertz CT molecular complexity index is 416. The molecule has 0 aromatic heterocycles. The predicted octanol–water partition coefficient (Wildman–Crippen LogP) is 1.77. The maximum Gasteiger partial charge on any atom is 0.155 e. The van der Waals surface area contributed by atoms with Crippen molar-refractivity contribution in [1.29, 1.82) is 0 Å². The summed E-state index contributed by atoms with van der Waals surface area (Å²) in [6, 6.07) is 3.89. The number of aliphatic hydroxyl groups excluding tert-OH is 1. The van der Waals surface area contributed by atoms with E-state index in [1.807, 2.05) is 12.1 Å². The fraction of sp³-hybridized carbons (Fsp3) is 0.571. The number of ether oxygens (including phenoxy) is 1. The van der Waals surface area contributed by atoms with Gasteiger partial charge in [0.05, 0.1) is 6.61 Å². The second kappa shape index (κ2) is 4.31. The van der Waals surface area contributed by atoms with Crippen LogP contribution in [0.5, 0.6) is 5.75 Å². The van der Waals surface area contributed by atoms with Crippen LogP contribution in [0, 0.1) is 0 Å². The van der Waals surface area contributed by atoms with Gasteiger partial charge in [0.2, 0.25) is 0 Å². The van der Waals surface area contributed by atoms with E-state index in [1.54, 1.807) is 0 Å². The molecule has 0 spiro atoms. The highest BCUT2D eigenvalue weighted by atomic mass is 16.5. The van der Waals surface area contributed by atoms with E-state index in [-0.39, 0.29) is 11.8 Å². The van der Waals surface area contributed by atoms with Gasteiger partial charge in [-0.2, -0.15) is 0 Å². The van der Waals surface area contributed by atoms with E-state index in [1.165, 1.54) is 11.1 Å². The minimum absolute atomic E-state index is 0.0106. The Morgan fingerprint density at radius 2 is 2.00 bits per heavy atom. The van der Waals surface area contributed by atoms with E-state index >= 15 is 0 Å². The third kappa shape index (κ3) is 2.45. The van der Waals surface area contributed by atoms with Crippen LogP contribution in [0.1, 0.15) is 37.5 Å². The summed E-state index contributed by atoms with van der Waals surface area (Å²) in [5, 5.41) is 18.3. The lowest BCUT2D eigenvalue weighted by molar-refractivity contribution is -0.0383. The molecular weight excluding hydrogens is 216 g/mol. The van der Waals surface area contributed by atoms with Crippen LogP contribution in [0.3, 0.4) is 0 Å². The third-order valence-electron chi connectivity index (χ3n) is 3.12. The van der Waals surface area contributed by atoms with Crippen molar-refractivity contribution in [3.05, 3.63) is 28.8 Å². The van der Waals surface area contributed by atoms with Crippen LogP contribution in [0.25, 0.3) is 0 Å². The maximum atomic E-state index is 9.17. The summed E-state index contributed by atoms with van der Waals surface area (Å²) >= 11 is 0. The Hall–Kier alpha value is -1.06. The molecule has 1 aromatic carbocycles. The van der Waals surface area contributed by atoms with Crippen LogP contribution >= 0.6 is 0 Å². The molecule has 2 N–H and O–H groups in total. The van der Waals surface area contributed by atoms with Gasteiger partial charge in [0.1, 0.15) is 5.75 Å². The molecule has 0 aliphatic carbocycles. The molecule has 0 unspecified atom stereocenters. The number of hydrogen-bond donors (Lipinski definition) is 2. The Morgan fingerprint density at radius 1 is 1.29 bits per heavy atom. The van der Waals surface area contributed by atoms with E-state index in [0.29, 0.717) is 0 Å². The van der Waals surface area contributed by atoms with E-state index < -0.39 is 6.29 Å². The first-order chi connectivity index (χ1) is 7.89. The molecule has 94 valence electrons.